The summed E-state index contributed by atoms with van der Waals surface area (Å²) in [5.41, 5.74) is 6.75. The molecule has 4 nitrogen and oxygen atoms in total. The van der Waals surface area contributed by atoms with E-state index >= 15 is 0 Å². The third-order valence-corrected chi connectivity index (χ3v) is 4.81. The fourth-order valence-electron chi connectivity index (χ4n) is 3.52. The van der Waals surface area contributed by atoms with Gasteiger partial charge in [-0.2, -0.15) is 0 Å². The third-order valence-electron chi connectivity index (χ3n) is 4.81. The van der Waals surface area contributed by atoms with Crippen molar-refractivity contribution in [3.05, 3.63) is 23.9 Å². The second-order valence-corrected chi connectivity index (χ2v) is 5.97. The Balaban J connectivity index is 1.64. The van der Waals surface area contributed by atoms with Crippen LogP contribution in [0.5, 0.6) is 0 Å². The second-order valence-electron chi connectivity index (χ2n) is 5.97. The first-order valence-electron chi connectivity index (χ1n) is 7.19. The highest BCUT2D eigenvalue weighted by Gasteiger charge is 2.38. The molecule has 0 aromatic carbocycles. The smallest absolute Gasteiger partial charge is 0.255 e. The molecule has 2 heterocycles. The number of hydrogen-bond donors (Lipinski definition) is 1. The zero-order valence-corrected chi connectivity index (χ0v) is 11.3. The lowest BCUT2D eigenvalue weighted by Gasteiger charge is -2.39. The highest BCUT2D eigenvalue weighted by atomic mass is 16.2. The lowest BCUT2D eigenvalue weighted by atomic mass is 9.77. The molecular weight excluding hydrogens is 238 g/mol. The van der Waals surface area contributed by atoms with Gasteiger partial charge in [0.15, 0.2) is 0 Å². The van der Waals surface area contributed by atoms with Crippen LogP contribution in [0.1, 0.15) is 48.9 Å². The number of nitrogens with zero attached hydrogens (tertiary/aromatic N) is 2. The largest absolute Gasteiger partial charge is 0.384 e. The fraction of sp³-hybridized carbons (Fsp3) is 0.600. The Kier molecular flexibility index (Phi) is 3.17. The number of pyridine rings is 1. The SMILES string of the molecule is Nc1ccc(C(=O)N2CCC3(CCCC3)CC2)cn1. The van der Waals surface area contributed by atoms with Crippen molar-refractivity contribution in [3.63, 3.8) is 0 Å². The minimum absolute atomic E-state index is 0.0975. The molecule has 0 radical (unpaired) electrons. The topological polar surface area (TPSA) is 59.2 Å². The Morgan fingerprint density at radius 3 is 2.42 bits per heavy atom. The van der Waals surface area contributed by atoms with E-state index in [1.807, 2.05) is 4.90 Å². The first-order chi connectivity index (χ1) is 9.19. The maximum absolute atomic E-state index is 12.4. The summed E-state index contributed by atoms with van der Waals surface area (Å²) in [6.45, 7) is 1.78. The Hall–Kier alpha value is -1.58. The third kappa shape index (κ3) is 2.44. The summed E-state index contributed by atoms with van der Waals surface area (Å²) in [5, 5.41) is 0. The van der Waals surface area contributed by atoms with Crippen molar-refractivity contribution in [2.45, 2.75) is 38.5 Å². The van der Waals surface area contributed by atoms with Gasteiger partial charge in [-0.25, -0.2) is 4.98 Å². The molecule has 2 aliphatic rings. The highest BCUT2D eigenvalue weighted by Crippen LogP contribution is 2.46. The normalized spacial score (nSPS) is 21.8. The number of hydrogen-bond acceptors (Lipinski definition) is 3. The molecule has 1 saturated carbocycles. The van der Waals surface area contributed by atoms with Crippen LogP contribution in [0.2, 0.25) is 0 Å². The van der Waals surface area contributed by atoms with E-state index in [-0.39, 0.29) is 5.91 Å². The van der Waals surface area contributed by atoms with Crippen molar-refractivity contribution in [3.8, 4) is 0 Å². The monoisotopic (exact) mass is 259 g/mol. The summed E-state index contributed by atoms with van der Waals surface area (Å²) >= 11 is 0. The molecule has 1 amide bonds. The van der Waals surface area contributed by atoms with Crippen molar-refractivity contribution < 1.29 is 4.79 Å². The molecule has 2 N–H and O–H groups in total. The molecule has 1 aromatic heterocycles. The minimum Gasteiger partial charge on any atom is -0.384 e. The molecule has 102 valence electrons. The number of nitrogens with two attached hydrogens (primary N) is 1. The minimum atomic E-state index is 0.0975. The maximum atomic E-state index is 12.4. The zero-order chi connectivity index (χ0) is 13.3. The first kappa shape index (κ1) is 12.5. The number of nitrogen functional groups attached to an aromatic ring is 1. The molecule has 1 aliphatic heterocycles. The summed E-state index contributed by atoms with van der Waals surface area (Å²) in [7, 11) is 0. The average molecular weight is 259 g/mol. The van der Waals surface area contributed by atoms with Crippen LogP contribution in [-0.4, -0.2) is 28.9 Å². The van der Waals surface area contributed by atoms with Gasteiger partial charge in [-0.05, 0) is 43.2 Å². The van der Waals surface area contributed by atoms with Crippen LogP contribution in [0.15, 0.2) is 18.3 Å². The number of anilines is 1. The van der Waals surface area contributed by atoms with Crippen molar-refractivity contribution in [2.75, 3.05) is 18.8 Å². The van der Waals surface area contributed by atoms with Gasteiger partial charge in [0.2, 0.25) is 0 Å². The van der Waals surface area contributed by atoms with Gasteiger partial charge in [-0.1, -0.05) is 12.8 Å². The molecule has 4 heteroatoms. The number of carbonyl (C=O) groups excluding carboxylic acids is 1. The number of likely N-dealkylation sites (tertiary alicyclic amines) is 1. The van der Waals surface area contributed by atoms with Crippen molar-refractivity contribution in [2.24, 2.45) is 5.41 Å². The van der Waals surface area contributed by atoms with E-state index < -0.39 is 0 Å². The van der Waals surface area contributed by atoms with Crippen molar-refractivity contribution >= 4 is 11.7 Å². The van der Waals surface area contributed by atoms with Gasteiger partial charge in [-0.3, -0.25) is 4.79 Å². The lowest BCUT2D eigenvalue weighted by molar-refractivity contribution is 0.0587. The number of rotatable bonds is 1. The average Bonchev–Trinajstić information content (AvgIpc) is 2.88. The van der Waals surface area contributed by atoms with Crippen LogP contribution < -0.4 is 5.73 Å². The van der Waals surface area contributed by atoms with Gasteiger partial charge in [-0.15, -0.1) is 0 Å². The van der Waals surface area contributed by atoms with Crippen LogP contribution in [0.25, 0.3) is 0 Å². The van der Waals surface area contributed by atoms with E-state index in [0.717, 1.165) is 13.1 Å². The molecule has 0 unspecified atom stereocenters. The van der Waals surface area contributed by atoms with Gasteiger partial charge in [0, 0.05) is 19.3 Å². The maximum Gasteiger partial charge on any atom is 0.255 e. The molecule has 2 fully saturated rings. The molecule has 1 aromatic rings. The molecular formula is C15H21N3O. The summed E-state index contributed by atoms with van der Waals surface area (Å²) < 4.78 is 0. The summed E-state index contributed by atoms with van der Waals surface area (Å²) in [6.07, 6.45) is 9.38. The number of amides is 1. The van der Waals surface area contributed by atoms with Gasteiger partial charge in [0.1, 0.15) is 5.82 Å². The second kappa shape index (κ2) is 4.83. The van der Waals surface area contributed by atoms with E-state index in [2.05, 4.69) is 4.98 Å². The van der Waals surface area contributed by atoms with E-state index in [9.17, 15) is 4.79 Å². The van der Waals surface area contributed by atoms with Crippen LogP contribution in [-0.2, 0) is 0 Å². The summed E-state index contributed by atoms with van der Waals surface area (Å²) in [6, 6.07) is 3.46. The molecule has 1 saturated heterocycles. The van der Waals surface area contributed by atoms with Crippen molar-refractivity contribution in [1.82, 2.24) is 9.88 Å². The molecule has 19 heavy (non-hydrogen) atoms. The molecule has 3 rings (SSSR count). The van der Waals surface area contributed by atoms with Crippen LogP contribution in [0.4, 0.5) is 5.82 Å². The first-order valence-corrected chi connectivity index (χ1v) is 7.19. The lowest BCUT2D eigenvalue weighted by Crippen LogP contribution is -2.42. The fourth-order valence-corrected chi connectivity index (χ4v) is 3.52. The van der Waals surface area contributed by atoms with Crippen LogP contribution in [0, 0.1) is 5.41 Å². The van der Waals surface area contributed by atoms with Crippen LogP contribution in [0.3, 0.4) is 0 Å². The standard InChI is InChI=1S/C15H21N3O/c16-13-4-3-12(11-17-13)14(19)18-9-7-15(8-10-18)5-1-2-6-15/h3-4,11H,1-2,5-10H2,(H2,16,17). The van der Waals surface area contributed by atoms with E-state index in [1.165, 1.54) is 38.5 Å². The van der Waals surface area contributed by atoms with Gasteiger partial charge in [0.25, 0.3) is 5.91 Å². The Labute approximate surface area is 114 Å². The Bertz CT molecular complexity index is 453. The molecule has 0 atom stereocenters. The Morgan fingerprint density at radius 1 is 1.16 bits per heavy atom. The number of piperidine rings is 1. The predicted molar refractivity (Wildman–Crippen MR) is 74.7 cm³/mol. The Morgan fingerprint density at radius 2 is 1.84 bits per heavy atom. The number of aromatic nitrogens is 1. The van der Waals surface area contributed by atoms with Gasteiger partial charge >= 0.3 is 0 Å². The summed E-state index contributed by atoms with van der Waals surface area (Å²) in [4.78, 5) is 18.3. The molecule has 1 aliphatic carbocycles. The highest BCUT2D eigenvalue weighted by molar-refractivity contribution is 5.94. The molecule has 1 spiro atoms. The molecule has 0 bridgehead atoms. The van der Waals surface area contributed by atoms with E-state index in [4.69, 9.17) is 5.73 Å². The van der Waals surface area contributed by atoms with Crippen LogP contribution >= 0.6 is 0 Å². The number of carbonyl (C=O) groups is 1. The van der Waals surface area contributed by atoms with Gasteiger partial charge in [0.05, 0.1) is 5.56 Å². The zero-order valence-electron chi connectivity index (χ0n) is 11.3. The van der Waals surface area contributed by atoms with Gasteiger partial charge < -0.3 is 10.6 Å². The predicted octanol–water partition coefficient (Wildman–Crippen LogP) is 2.46. The van der Waals surface area contributed by atoms with E-state index in [0.29, 0.717) is 16.8 Å². The quantitative estimate of drug-likeness (QED) is 0.842. The van der Waals surface area contributed by atoms with E-state index in [1.54, 1.807) is 18.3 Å². The summed E-state index contributed by atoms with van der Waals surface area (Å²) in [5.74, 6) is 0.556. The van der Waals surface area contributed by atoms with Crippen molar-refractivity contribution in [1.29, 1.82) is 0 Å².